The Labute approximate surface area is 231 Å². The van der Waals surface area contributed by atoms with Gasteiger partial charge in [0.25, 0.3) is 11.1 Å². The van der Waals surface area contributed by atoms with E-state index in [1.54, 1.807) is 33.0 Å². The Hall–Kier alpha value is -4.87. The van der Waals surface area contributed by atoms with Gasteiger partial charge in [0, 0.05) is 55.9 Å². The van der Waals surface area contributed by atoms with Gasteiger partial charge in [-0.05, 0) is 60.7 Å². The topological polar surface area (TPSA) is 94.7 Å². The van der Waals surface area contributed by atoms with Crippen molar-refractivity contribution in [3.05, 3.63) is 105 Å². The van der Waals surface area contributed by atoms with Crippen LogP contribution >= 0.6 is 0 Å². The lowest BCUT2D eigenvalue weighted by molar-refractivity contribution is -0.140. The Morgan fingerprint density at radius 1 is 0.951 bits per heavy atom. The smallest absolute Gasteiger partial charge is 0.377 e. The molecule has 0 aliphatic rings. The van der Waals surface area contributed by atoms with E-state index < -0.39 is 29.3 Å². The number of fused-ring (bicyclic) bond motifs is 1. The summed E-state index contributed by atoms with van der Waals surface area (Å²) in [4.78, 5) is 37.4. The van der Waals surface area contributed by atoms with E-state index in [2.05, 4.69) is 20.3 Å². The number of aryl methyl sites for hydroxylation is 2. The van der Waals surface area contributed by atoms with Crippen molar-refractivity contribution in [2.24, 2.45) is 14.1 Å². The summed E-state index contributed by atoms with van der Waals surface area (Å²) in [5, 5.41) is 3.83. The summed E-state index contributed by atoms with van der Waals surface area (Å²) in [6.07, 6.45) is 0.674. The van der Waals surface area contributed by atoms with E-state index in [0.717, 1.165) is 16.3 Å². The van der Waals surface area contributed by atoms with E-state index >= 15 is 0 Å². The lowest BCUT2D eigenvalue weighted by atomic mass is 9.96. The summed E-state index contributed by atoms with van der Waals surface area (Å²) < 4.78 is 57.7. The summed E-state index contributed by atoms with van der Waals surface area (Å²) in [6, 6.07) is 8.76. The largest absolute Gasteiger partial charge is 0.435 e. The number of hydrogen-bond acceptors (Lipinski definition) is 6. The molecule has 5 aromatic rings. The first-order valence-corrected chi connectivity index (χ1v) is 12.5. The molecule has 0 unspecified atom stereocenters. The van der Waals surface area contributed by atoms with Crippen molar-refractivity contribution in [2.45, 2.75) is 26.1 Å². The van der Waals surface area contributed by atoms with E-state index in [1.807, 2.05) is 6.07 Å². The Morgan fingerprint density at radius 3 is 2.34 bits per heavy atom. The van der Waals surface area contributed by atoms with E-state index in [-0.39, 0.29) is 22.6 Å². The lowest BCUT2D eigenvalue weighted by Gasteiger charge is -2.21. The molecule has 12 heteroatoms. The Kier molecular flexibility index (Phi) is 6.93. The Morgan fingerprint density at radius 2 is 1.66 bits per heavy atom. The molecule has 4 heterocycles. The van der Waals surface area contributed by atoms with Crippen LogP contribution in [0.1, 0.15) is 29.8 Å². The SMILES string of the molecule is Cc1cc([C@@H](C)Nc2cccnc2C(F)(F)F)c2cc(-c3cnc(-c4ccn(C)c(=O)c4F)nc3)n(C)c(=O)c2c1. The predicted molar refractivity (Wildman–Crippen MR) is 147 cm³/mol. The van der Waals surface area contributed by atoms with Gasteiger partial charge in [-0.2, -0.15) is 13.2 Å². The van der Waals surface area contributed by atoms with Crippen LogP contribution in [0.3, 0.4) is 0 Å². The molecule has 0 saturated carbocycles. The monoisotopic (exact) mass is 564 g/mol. The van der Waals surface area contributed by atoms with Gasteiger partial charge in [0.1, 0.15) is 0 Å². The molecule has 41 heavy (non-hydrogen) atoms. The number of alkyl halides is 3. The number of hydrogen-bond donors (Lipinski definition) is 1. The summed E-state index contributed by atoms with van der Waals surface area (Å²) in [7, 11) is 3.01. The van der Waals surface area contributed by atoms with Crippen molar-refractivity contribution >= 4 is 16.5 Å². The van der Waals surface area contributed by atoms with Gasteiger partial charge in [-0.1, -0.05) is 6.07 Å². The quantitative estimate of drug-likeness (QED) is 0.288. The summed E-state index contributed by atoms with van der Waals surface area (Å²) in [5.41, 5.74) is -0.166. The lowest BCUT2D eigenvalue weighted by Crippen LogP contribution is -2.21. The molecule has 0 spiro atoms. The first-order valence-electron chi connectivity index (χ1n) is 12.5. The van der Waals surface area contributed by atoms with Crippen LogP contribution in [0.2, 0.25) is 0 Å². The minimum absolute atomic E-state index is 0.000754. The van der Waals surface area contributed by atoms with Crippen molar-refractivity contribution in [3.8, 4) is 22.6 Å². The summed E-state index contributed by atoms with van der Waals surface area (Å²) in [6.45, 7) is 3.51. The highest BCUT2D eigenvalue weighted by Crippen LogP contribution is 2.36. The van der Waals surface area contributed by atoms with Crippen LogP contribution in [-0.4, -0.2) is 24.1 Å². The fourth-order valence-corrected chi connectivity index (χ4v) is 4.75. The average molecular weight is 565 g/mol. The van der Waals surface area contributed by atoms with Crippen molar-refractivity contribution < 1.29 is 17.6 Å². The number of benzene rings is 1. The average Bonchev–Trinajstić information content (AvgIpc) is 2.93. The number of pyridine rings is 3. The van der Waals surface area contributed by atoms with Crippen molar-refractivity contribution in [1.82, 2.24) is 24.1 Å². The molecule has 0 amide bonds. The van der Waals surface area contributed by atoms with E-state index in [9.17, 15) is 27.2 Å². The highest BCUT2D eigenvalue weighted by atomic mass is 19.4. The van der Waals surface area contributed by atoms with Crippen molar-refractivity contribution in [3.63, 3.8) is 0 Å². The molecule has 8 nitrogen and oxygen atoms in total. The molecule has 0 aliphatic carbocycles. The number of anilines is 1. The molecule has 1 N–H and O–H groups in total. The third-order valence-corrected chi connectivity index (χ3v) is 6.85. The van der Waals surface area contributed by atoms with Gasteiger partial charge in [-0.3, -0.25) is 9.59 Å². The van der Waals surface area contributed by atoms with Gasteiger partial charge >= 0.3 is 6.18 Å². The van der Waals surface area contributed by atoms with Gasteiger partial charge < -0.3 is 14.5 Å². The second-order valence-corrected chi connectivity index (χ2v) is 9.73. The first-order chi connectivity index (χ1) is 19.4. The van der Waals surface area contributed by atoms with Crippen LogP contribution in [-0.2, 0) is 20.3 Å². The van der Waals surface area contributed by atoms with Crippen LogP contribution in [0.25, 0.3) is 33.4 Å². The zero-order valence-electron chi connectivity index (χ0n) is 22.4. The molecule has 0 radical (unpaired) electrons. The van der Waals surface area contributed by atoms with Gasteiger partial charge in [-0.15, -0.1) is 0 Å². The highest BCUT2D eigenvalue weighted by Gasteiger charge is 2.35. The Balaban J connectivity index is 1.60. The standard InChI is InChI=1S/C29H24F4N6O2/c1-15-10-19(16(2)37-22-6-5-8-34-25(22)29(31,32)33)20-12-23(39(4)27(40)21(20)11-15)17-13-35-26(36-14-17)18-7-9-38(3)28(41)24(18)30/h5-14,16,37H,1-4H3/t16-/m1/s1. The maximum absolute atomic E-state index is 14.5. The summed E-state index contributed by atoms with van der Waals surface area (Å²) >= 11 is 0. The zero-order valence-corrected chi connectivity index (χ0v) is 22.4. The number of aromatic nitrogens is 5. The van der Waals surface area contributed by atoms with Gasteiger partial charge in [0.05, 0.1) is 16.9 Å². The molecule has 1 aromatic carbocycles. The Bertz CT molecular complexity index is 1910. The van der Waals surface area contributed by atoms with E-state index in [4.69, 9.17) is 0 Å². The number of nitrogens with one attached hydrogen (secondary N) is 1. The van der Waals surface area contributed by atoms with E-state index in [1.165, 1.54) is 48.4 Å². The highest BCUT2D eigenvalue weighted by molar-refractivity contribution is 5.89. The third kappa shape index (κ3) is 5.08. The molecule has 5 rings (SSSR count). The van der Waals surface area contributed by atoms with Crippen LogP contribution in [0.4, 0.5) is 23.2 Å². The summed E-state index contributed by atoms with van der Waals surface area (Å²) in [5.74, 6) is -0.981. The predicted octanol–water partition coefficient (Wildman–Crippen LogP) is 5.40. The van der Waals surface area contributed by atoms with Crippen molar-refractivity contribution in [2.75, 3.05) is 5.32 Å². The third-order valence-electron chi connectivity index (χ3n) is 6.85. The second-order valence-electron chi connectivity index (χ2n) is 9.73. The first kappa shape index (κ1) is 27.7. The van der Waals surface area contributed by atoms with Crippen LogP contribution in [0.5, 0.6) is 0 Å². The molecular formula is C29H24F4N6O2. The second kappa shape index (κ2) is 10.3. The molecule has 0 saturated heterocycles. The minimum atomic E-state index is -4.65. The van der Waals surface area contributed by atoms with Gasteiger partial charge in [-0.25, -0.2) is 19.3 Å². The normalized spacial score (nSPS) is 12.5. The molecule has 0 bridgehead atoms. The fraction of sp³-hybridized carbons (Fsp3) is 0.207. The van der Waals surface area contributed by atoms with E-state index in [0.29, 0.717) is 27.6 Å². The maximum atomic E-state index is 14.5. The number of rotatable bonds is 5. The van der Waals surface area contributed by atoms with Crippen LogP contribution in [0.15, 0.2) is 70.8 Å². The molecule has 0 fully saturated rings. The van der Waals surface area contributed by atoms with Crippen LogP contribution < -0.4 is 16.4 Å². The fourth-order valence-electron chi connectivity index (χ4n) is 4.75. The number of halogens is 4. The number of nitrogens with zero attached hydrogens (tertiary/aromatic N) is 5. The molecular weight excluding hydrogens is 540 g/mol. The minimum Gasteiger partial charge on any atom is -0.377 e. The molecule has 1 atom stereocenters. The zero-order chi connectivity index (χ0) is 29.6. The molecule has 210 valence electrons. The van der Waals surface area contributed by atoms with Crippen LogP contribution in [0, 0.1) is 12.7 Å². The maximum Gasteiger partial charge on any atom is 0.435 e. The van der Waals surface area contributed by atoms with Crippen molar-refractivity contribution in [1.29, 1.82) is 0 Å². The molecule has 0 aliphatic heterocycles. The van der Waals surface area contributed by atoms with Gasteiger partial charge in [0.2, 0.25) is 0 Å². The molecule has 4 aromatic heterocycles. The van der Waals surface area contributed by atoms with Gasteiger partial charge in [0.15, 0.2) is 17.3 Å².